The number of hydrogen-bond acceptors (Lipinski definition) is 5. The Labute approximate surface area is 172 Å². The third-order valence-corrected chi connectivity index (χ3v) is 4.65. The Bertz CT molecular complexity index is 964. The summed E-state index contributed by atoms with van der Waals surface area (Å²) in [5.41, 5.74) is 4.28. The maximum Gasteiger partial charge on any atom is 0.274 e. The van der Waals surface area contributed by atoms with Gasteiger partial charge >= 0.3 is 0 Å². The van der Waals surface area contributed by atoms with Crippen molar-refractivity contribution in [3.05, 3.63) is 71.7 Å². The van der Waals surface area contributed by atoms with Crippen molar-refractivity contribution < 1.29 is 4.79 Å². The SMILES string of the molecule is CCN(CC)c1ccc(Nc2cc(C(=O)Nc3ccc(C)cc3)nc(C)n2)cc1. The number of carbonyl (C=O) groups excluding carboxylic acids is 1. The van der Waals surface area contributed by atoms with Crippen molar-refractivity contribution in [3.63, 3.8) is 0 Å². The monoisotopic (exact) mass is 389 g/mol. The first-order valence-corrected chi connectivity index (χ1v) is 9.84. The first-order chi connectivity index (χ1) is 14.0. The summed E-state index contributed by atoms with van der Waals surface area (Å²) >= 11 is 0. The second-order valence-electron chi connectivity index (χ2n) is 6.85. The van der Waals surface area contributed by atoms with E-state index in [1.165, 1.54) is 5.69 Å². The highest BCUT2D eigenvalue weighted by atomic mass is 16.1. The summed E-state index contributed by atoms with van der Waals surface area (Å²) in [5.74, 6) is 0.852. The molecule has 0 saturated carbocycles. The minimum absolute atomic E-state index is 0.265. The van der Waals surface area contributed by atoms with Gasteiger partial charge in [0, 0.05) is 36.2 Å². The van der Waals surface area contributed by atoms with Gasteiger partial charge in [-0.2, -0.15) is 0 Å². The van der Waals surface area contributed by atoms with E-state index in [1.807, 2.05) is 43.3 Å². The molecule has 1 aromatic heterocycles. The average molecular weight is 390 g/mol. The van der Waals surface area contributed by atoms with E-state index in [9.17, 15) is 4.79 Å². The van der Waals surface area contributed by atoms with Gasteiger partial charge in [-0.1, -0.05) is 17.7 Å². The van der Waals surface area contributed by atoms with Gasteiger partial charge in [-0.05, 0) is 64.1 Å². The summed E-state index contributed by atoms with van der Waals surface area (Å²) in [6.07, 6.45) is 0. The molecule has 2 aromatic carbocycles. The molecule has 0 saturated heterocycles. The van der Waals surface area contributed by atoms with Crippen LogP contribution in [0.25, 0.3) is 0 Å². The van der Waals surface area contributed by atoms with Gasteiger partial charge in [0.1, 0.15) is 17.3 Å². The molecule has 0 aliphatic carbocycles. The van der Waals surface area contributed by atoms with Crippen LogP contribution in [-0.2, 0) is 0 Å². The van der Waals surface area contributed by atoms with E-state index in [2.05, 4.69) is 51.5 Å². The summed E-state index contributed by atoms with van der Waals surface area (Å²) in [5, 5.41) is 6.14. The number of benzene rings is 2. The number of amides is 1. The van der Waals surface area contributed by atoms with Gasteiger partial charge in [0.05, 0.1) is 0 Å². The zero-order valence-electron chi connectivity index (χ0n) is 17.4. The van der Waals surface area contributed by atoms with E-state index in [-0.39, 0.29) is 5.91 Å². The van der Waals surface area contributed by atoms with Crippen molar-refractivity contribution in [2.75, 3.05) is 28.6 Å². The quantitative estimate of drug-likeness (QED) is 0.599. The molecule has 6 heteroatoms. The second kappa shape index (κ2) is 9.19. The number of nitrogens with zero attached hydrogens (tertiary/aromatic N) is 3. The van der Waals surface area contributed by atoms with E-state index in [4.69, 9.17) is 0 Å². The summed E-state index contributed by atoms with van der Waals surface area (Å²) in [7, 11) is 0. The molecule has 1 amide bonds. The second-order valence-corrected chi connectivity index (χ2v) is 6.85. The molecular formula is C23H27N5O. The van der Waals surface area contributed by atoms with Crippen LogP contribution in [0.2, 0.25) is 0 Å². The Balaban J connectivity index is 1.74. The van der Waals surface area contributed by atoms with Gasteiger partial charge < -0.3 is 15.5 Å². The molecule has 0 aliphatic rings. The first-order valence-electron chi connectivity index (χ1n) is 9.84. The first kappa shape index (κ1) is 20.3. The average Bonchev–Trinajstić information content (AvgIpc) is 2.71. The van der Waals surface area contributed by atoms with Gasteiger partial charge in [-0.3, -0.25) is 4.79 Å². The molecule has 1 heterocycles. The van der Waals surface area contributed by atoms with Crippen molar-refractivity contribution in [1.82, 2.24) is 9.97 Å². The van der Waals surface area contributed by atoms with E-state index in [0.29, 0.717) is 17.3 Å². The standard InChI is InChI=1S/C23H27N5O/c1-5-28(6-2)20-13-11-18(12-14-20)26-22-15-21(24-17(4)25-22)23(29)27-19-9-7-16(3)8-10-19/h7-15H,5-6H2,1-4H3,(H,27,29)(H,24,25,26). The highest BCUT2D eigenvalue weighted by Gasteiger charge is 2.11. The van der Waals surface area contributed by atoms with Crippen LogP contribution in [0.5, 0.6) is 0 Å². The zero-order valence-corrected chi connectivity index (χ0v) is 17.4. The van der Waals surface area contributed by atoms with Crippen molar-refractivity contribution in [2.45, 2.75) is 27.7 Å². The molecule has 0 fully saturated rings. The molecule has 0 aliphatic heterocycles. The van der Waals surface area contributed by atoms with Gasteiger partial charge in [-0.25, -0.2) is 9.97 Å². The van der Waals surface area contributed by atoms with Crippen molar-refractivity contribution in [3.8, 4) is 0 Å². The van der Waals surface area contributed by atoms with Crippen molar-refractivity contribution >= 4 is 28.8 Å². The predicted octanol–water partition coefficient (Wildman–Crippen LogP) is 4.94. The van der Waals surface area contributed by atoms with E-state index in [1.54, 1.807) is 13.0 Å². The van der Waals surface area contributed by atoms with Gasteiger partial charge in [0.15, 0.2) is 0 Å². The molecule has 2 N–H and O–H groups in total. The Morgan fingerprint density at radius 2 is 1.52 bits per heavy atom. The van der Waals surface area contributed by atoms with Crippen LogP contribution in [0.15, 0.2) is 54.6 Å². The molecule has 3 aromatic rings. The highest BCUT2D eigenvalue weighted by molar-refractivity contribution is 6.03. The third-order valence-electron chi connectivity index (χ3n) is 4.65. The van der Waals surface area contributed by atoms with Crippen LogP contribution in [-0.4, -0.2) is 29.0 Å². The lowest BCUT2D eigenvalue weighted by Gasteiger charge is -2.21. The molecular weight excluding hydrogens is 362 g/mol. The fourth-order valence-corrected chi connectivity index (χ4v) is 3.07. The van der Waals surface area contributed by atoms with Crippen LogP contribution in [0.1, 0.15) is 35.7 Å². The maximum atomic E-state index is 12.6. The van der Waals surface area contributed by atoms with Crippen molar-refractivity contribution in [1.29, 1.82) is 0 Å². The minimum atomic E-state index is -0.265. The molecule has 0 radical (unpaired) electrons. The molecule has 29 heavy (non-hydrogen) atoms. The van der Waals surface area contributed by atoms with E-state index >= 15 is 0 Å². The van der Waals surface area contributed by atoms with Crippen LogP contribution >= 0.6 is 0 Å². The summed E-state index contributed by atoms with van der Waals surface area (Å²) in [6.45, 7) is 10.00. The topological polar surface area (TPSA) is 70.2 Å². The number of carbonyl (C=O) groups is 1. The lowest BCUT2D eigenvalue weighted by atomic mass is 10.2. The lowest BCUT2D eigenvalue weighted by Crippen LogP contribution is -2.21. The molecule has 3 rings (SSSR count). The third kappa shape index (κ3) is 5.31. The van der Waals surface area contributed by atoms with Crippen LogP contribution in [0.3, 0.4) is 0 Å². The largest absolute Gasteiger partial charge is 0.372 e. The van der Waals surface area contributed by atoms with E-state index in [0.717, 1.165) is 30.0 Å². The predicted molar refractivity (Wildman–Crippen MR) is 119 cm³/mol. The van der Waals surface area contributed by atoms with Crippen LogP contribution in [0.4, 0.5) is 22.9 Å². The fourth-order valence-electron chi connectivity index (χ4n) is 3.07. The molecule has 0 unspecified atom stereocenters. The summed E-state index contributed by atoms with van der Waals surface area (Å²) in [6, 6.07) is 17.5. The van der Waals surface area contributed by atoms with Crippen molar-refractivity contribution in [2.24, 2.45) is 0 Å². The smallest absolute Gasteiger partial charge is 0.274 e. The molecule has 0 atom stereocenters. The normalized spacial score (nSPS) is 10.5. The lowest BCUT2D eigenvalue weighted by molar-refractivity contribution is 0.102. The van der Waals surface area contributed by atoms with E-state index < -0.39 is 0 Å². The highest BCUT2D eigenvalue weighted by Crippen LogP contribution is 2.21. The molecule has 0 spiro atoms. The fraction of sp³-hybridized carbons (Fsp3) is 0.261. The molecule has 0 bridgehead atoms. The minimum Gasteiger partial charge on any atom is -0.372 e. The number of rotatable bonds is 7. The number of aromatic nitrogens is 2. The van der Waals surface area contributed by atoms with Gasteiger partial charge in [0.2, 0.25) is 0 Å². The Hall–Kier alpha value is -3.41. The summed E-state index contributed by atoms with van der Waals surface area (Å²) in [4.78, 5) is 23.6. The van der Waals surface area contributed by atoms with Gasteiger partial charge in [0.25, 0.3) is 5.91 Å². The van der Waals surface area contributed by atoms with Crippen LogP contribution < -0.4 is 15.5 Å². The maximum absolute atomic E-state index is 12.6. The number of nitrogens with one attached hydrogen (secondary N) is 2. The van der Waals surface area contributed by atoms with Crippen LogP contribution in [0, 0.1) is 13.8 Å². The Morgan fingerprint density at radius 1 is 0.897 bits per heavy atom. The number of hydrogen-bond donors (Lipinski definition) is 2. The Morgan fingerprint density at radius 3 is 2.14 bits per heavy atom. The van der Waals surface area contributed by atoms with Gasteiger partial charge in [-0.15, -0.1) is 0 Å². The summed E-state index contributed by atoms with van der Waals surface area (Å²) < 4.78 is 0. The number of aryl methyl sites for hydroxylation is 2. The zero-order chi connectivity index (χ0) is 20.8. The molecule has 150 valence electrons. The molecule has 6 nitrogen and oxygen atoms in total. The Kier molecular flexibility index (Phi) is 6.44. The number of anilines is 4.